The van der Waals surface area contributed by atoms with E-state index >= 15 is 0 Å². The lowest BCUT2D eigenvalue weighted by Crippen LogP contribution is -2.37. The van der Waals surface area contributed by atoms with Gasteiger partial charge in [-0.1, -0.05) is 342 Å². The second-order valence-electron chi connectivity index (χ2n) is 26.6. The third-order valence-electron chi connectivity index (χ3n) is 16.6. The smallest absolute Gasteiger partial charge is 0.306 e. The zero-order chi connectivity index (χ0) is 65.5. The van der Waals surface area contributed by atoms with E-state index in [2.05, 4.69) is 111 Å². The Hall–Kier alpha value is -3.07. The van der Waals surface area contributed by atoms with Crippen molar-refractivity contribution in [2.24, 2.45) is 0 Å². The summed E-state index contributed by atoms with van der Waals surface area (Å²) < 4.78 is 34.4. The molecule has 0 N–H and O–H groups in total. The number of carbonyl (C=O) groups is 2. The Kier molecular flexibility index (Phi) is 67.9. The minimum Gasteiger partial charge on any atom is -0.756 e. The molecular formula is C80H144NO8P. The van der Waals surface area contributed by atoms with Crippen LogP contribution in [0, 0.1) is 0 Å². The number of phosphoric ester groups is 1. The lowest BCUT2D eigenvalue weighted by atomic mass is 10.0. The summed E-state index contributed by atoms with van der Waals surface area (Å²) >= 11 is 0. The fraction of sp³-hybridized carbons (Fsp3) is 0.775. The molecule has 0 aromatic rings. The number of phosphoric acid groups is 1. The summed E-state index contributed by atoms with van der Waals surface area (Å²) in [6.07, 6.45) is 98.0. The van der Waals surface area contributed by atoms with E-state index in [1.165, 1.54) is 225 Å². The first-order chi connectivity index (χ1) is 44.0. The highest BCUT2D eigenvalue weighted by Gasteiger charge is 2.22. The van der Waals surface area contributed by atoms with Crippen molar-refractivity contribution >= 4 is 19.8 Å². The predicted molar refractivity (Wildman–Crippen MR) is 388 cm³/mol. The number of allylic oxidation sites excluding steroid dienone is 16. The Morgan fingerprint density at radius 1 is 0.344 bits per heavy atom. The van der Waals surface area contributed by atoms with Crippen molar-refractivity contribution in [1.29, 1.82) is 0 Å². The van der Waals surface area contributed by atoms with Gasteiger partial charge in [-0.25, -0.2) is 0 Å². The van der Waals surface area contributed by atoms with E-state index in [0.29, 0.717) is 17.4 Å². The molecule has 0 aromatic carbocycles. The van der Waals surface area contributed by atoms with Crippen LogP contribution in [0.1, 0.15) is 348 Å². The zero-order valence-corrected chi connectivity index (χ0v) is 60.5. The molecule has 0 bridgehead atoms. The highest BCUT2D eigenvalue weighted by Crippen LogP contribution is 2.38. The highest BCUT2D eigenvalue weighted by molar-refractivity contribution is 7.45. The van der Waals surface area contributed by atoms with Crippen LogP contribution in [0.3, 0.4) is 0 Å². The van der Waals surface area contributed by atoms with Crippen LogP contribution in [0.4, 0.5) is 0 Å². The van der Waals surface area contributed by atoms with Gasteiger partial charge in [-0.2, -0.15) is 0 Å². The van der Waals surface area contributed by atoms with Crippen molar-refractivity contribution in [3.63, 3.8) is 0 Å². The van der Waals surface area contributed by atoms with Gasteiger partial charge in [0.2, 0.25) is 0 Å². The highest BCUT2D eigenvalue weighted by atomic mass is 31.2. The normalized spacial score (nSPS) is 13.6. The topological polar surface area (TPSA) is 111 Å². The van der Waals surface area contributed by atoms with Crippen molar-refractivity contribution in [1.82, 2.24) is 0 Å². The molecule has 0 aliphatic rings. The molecule has 2 unspecified atom stereocenters. The van der Waals surface area contributed by atoms with Crippen LogP contribution in [-0.4, -0.2) is 70.0 Å². The molecular weight excluding hydrogens is 1130 g/mol. The summed E-state index contributed by atoms with van der Waals surface area (Å²) in [5.41, 5.74) is 0. The first-order valence-electron chi connectivity index (χ1n) is 37.9. The van der Waals surface area contributed by atoms with Crippen LogP contribution in [0.5, 0.6) is 0 Å². The number of rotatable bonds is 70. The van der Waals surface area contributed by atoms with E-state index in [1.54, 1.807) is 0 Å². The molecule has 522 valence electrons. The molecule has 0 rings (SSSR count). The van der Waals surface area contributed by atoms with Gasteiger partial charge < -0.3 is 27.9 Å². The van der Waals surface area contributed by atoms with Crippen LogP contribution in [0.2, 0.25) is 0 Å². The molecule has 0 spiro atoms. The second-order valence-corrected chi connectivity index (χ2v) is 28.0. The number of esters is 2. The van der Waals surface area contributed by atoms with Crippen molar-refractivity contribution in [2.45, 2.75) is 354 Å². The van der Waals surface area contributed by atoms with Gasteiger partial charge in [-0.15, -0.1) is 0 Å². The van der Waals surface area contributed by atoms with Crippen LogP contribution >= 0.6 is 7.82 Å². The number of carbonyl (C=O) groups excluding carboxylic acids is 2. The standard InChI is InChI=1S/C80H144NO8P/c1-6-8-10-12-14-16-18-20-22-24-26-28-30-32-34-36-38-39-40-41-43-45-47-49-51-53-55-57-59-61-63-65-67-69-71-73-80(83)89-78(77-88-90(84,85)87-75-74-81(3,4)5)76-86-79(82)72-70-68-66-64-62-60-58-56-54-52-50-48-46-44-42-37-35-33-31-29-27-25-23-21-19-17-15-13-11-9-7-2/h8-11,14-17,20-23,26-29,78H,6-7,12-13,18-19,24-25,30-77H2,1-5H3/b10-8-,11-9-,16-14-,17-15-,22-20-,23-21-,28-26-,29-27-. The van der Waals surface area contributed by atoms with E-state index in [1.807, 2.05) is 21.1 Å². The van der Waals surface area contributed by atoms with E-state index < -0.39 is 26.5 Å². The molecule has 10 heteroatoms. The molecule has 0 saturated heterocycles. The molecule has 0 fully saturated rings. The van der Waals surface area contributed by atoms with Crippen LogP contribution in [0.15, 0.2) is 97.2 Å². The SMILES string of the molecule is CC/C=C\C/C=C\C/C=C\C/C=C\CCCCCCCCCCCCCCCCCCCCCCCCC(=O)OC(COC(=O)CCCCCCCCCCCCCCCCCCCC/C=C\C/C=C\C/C=C\C/C=C\CC)COP(=O)([O-])OCC[N+](C)(C)C. The number of quaternary nitrogens is 1. The summed E-state index contributed by atoms with van der Waals surface area (Å²) in [5.74, 6) is -0.817. The van der Waals surface area contributed by atoms with Gasteiger partial charge in [0.15, 0.2) is 6.10 Å². The van der Waals surface area contributed by atoms with Crippen LogP contribution in [0.25, 0.3) is 0 Å². The van der Waals surface area contributed by atoms with Gasteiger partial charge in [0.25, 0.3) is 7.82 Å². The average molecular weight is 1280 g/mol. The zero-order valence-electron chi connectivity index (χ0n) is 59.6. The lowest BCUT2D eigenvalue weighted by Gasteiger charge is -2.28. The molecule has 0 aliphatic heterocycles. The van der Waals surface area contributed by atoms with E-state index in [9.17, 15) is 19.0 Å². The lowest BCUT2D eigenvalue weighted by molar-refractivity contribution is -0.870. The Labute approximate surface area is 557 Å². The molecule has 0 aliphatic carbocycles. The number of unbranched alkanes of at least 4 members (excludes halogenated alkanes) is 40. The van der Waals surface area contributed by atoms with E-state index in [0.717, 1.165) is 89.9 Å². The molecule has 0 aromatic heterocycles. The molecule has 0 heterocycles. The Morgan fingerprint density at radius 2 is 0.600 bits per heavy atom. The first-order valence-corrected chi connectivity index (χ1v) is 39.4. The van der Waals surface area contributed by atoms with Crippen molar-refractivity contribution < 1.29 is 42.1 Å². The maximum absolute atomic E-state index is 12.9. The third-order valence-corrected chi connectivity index (χ3v) is 17.6. The fourth-order valence-electron chi connectivity index (χ4n) is 10.9. The molecule has 0 amide bonds. The van der Waals surface area contributed by atoms with Gasteiger partial charge in [0.1, 0.15) is 19.8 Å². The number of ether oxygens (including phenoxy) is 2. The molecule has 0 saturated carbocycles. The van der Waals surface area contributed by atoms with Crippen LogP contribution in [-0.2, 0) is 32.7 Å². The summed E-state index contributed by atoms with van der Waals surface area (Å²) in [7, 11) is 1.18. The molecule has 0 radical (unpaired) electrons. The third kappa shape index (κ3) is 74.0. The van der Waals surface area contributed by atoms with Gasteiger partial charge in [-0.05, 0) is 89.9 Å². The summed E-state index contributed by atoms with van der Waals surface area (Å²) in [6.45, 7) is 4.07. The minimum absolute atomic E-state index is 0.0308. The van der Waals surface area contributed by atoms with Gasteiger partial charge >= 0.3 is 11.9 Å². The van der Waals surface area contributed by atoms with Crippen LogP contribution < -0.4 is 4.89 Å². The summed E-state index contributed by atoms with van der Waals surface area (Å²) in [5, 5.41) is 0. The predicted octanol–water partition coefficient (Wildman–Crippen LogP) is 24.4. The fourth-order valence-corrected chi connectivity index (χ4v) is 11.6. The molecule has 2 atom stereocenters. The maximum Gasteiger partial charge on any atom is 0.306 e. The van der Waals surface area contributed by atoms with Crippen molar-refractivity contribution in [3.8, 4) is 0 Å². The summed E-state index contributed by atoms with van der Waals surface area (Å²) in [6, 6.07) is 0. The van der Waals surface area contributed by atoms with Gasteiger partial charge in [-0.3, -0.25) is 14.2 Å². The number of hydrogen-bond donors (Lipinski definition) is 0. The van der Waals surface area contributed by atoms with Crippen molar-refractivity contribution in [2.75, 3.05) is 47.5 Å². The number of nitrogens with zero attached hydrogens (tertiary/aromatic N) is 1. The molecule has 9 nitrogen and oxygen atoms in total. The average Bonchev–Trinajstić information content (AvgIpc) is 3.61. The van der Waals surface area contributed by atoms with Crippen molar-refractivity contribution in [3.05, 3.63) is 97.2 Å². The quantitative estimate of drug-likeness (QED) is 0.0195. The Bertz CT molecular complexity index is 1840. The minimum atomic E-state index is -4.65. The largest absolute Gasteiger partial charge is 0.756 e. The van der Waals surface area contributed by atoms with Gasteiger partial charge in [0.05, 0.1) is 27.7 Å². The van der Waals surface area contributed by atoms with E-state index in [-0.39, 0.29) is 32.0 Å². The van der Waals surface area contributed by atoms with E-state index in [4.69, 9.17) is 18.5 Å². The Morgan fingerprint density at radius 3 is 0.889 bits per heavy atom. The number of hydrogen-bond acceptors (Lipinski definition) is 8. The second kappa shape index (κ2) is 70.3. The Balaban J connectivity index is 3.96. The maximum atomic E-state index is 12.9. The molecule has 90 heavy (non-hydrogen) atoms. The monoisotopic (exact) mass is 1280 g/mol. The first kappa shape index (κ1) is 86.9. The summed E-state index contributed by atoms with van der Waals surface area (Å²) in [4.78, 5) is 38.1. The number of likely N-dealkylation sites (N-methyl/N-ethyl adjacent to an activating group) is 1. The van der Waals surface area contributed by atoms with Gasteiger partial charge in [0, 0.05) is 12.8 Å².